The fourth-order valence-corrected chi connectivity index (χ4v) is 4.53. The van der Waals surface area contributed by atoms with Gasteiger partial charge in [-0.3, -0.25) is 4.79 Å². The number of thiophene rings is 1. The molecule has 1 amide bonds. The fourth-order valence-electron chi connectivity index (χ4n) is 3.60. The van der Waals surface area contributed by atoms with E-state index in [-0.39, 0.29) is 28.4 Å². The summed E-state index contributed by atoms with van der Waals surface area (Å²) in [6, 6.07) is 5.85. The molecule has 1 saturated heterocycles. The number of rotatable bonds is 6. The van der Waals surface area contributed by atoms with E-state index in [2.05, 4.69) is 30.8 Å². The molecule has 186 valence electrons. The highest BCUT2D eigenvalue weighted by Gasteiger charge is 2.35. The summed E-state index contributed by atoms with van der Waals surface area (Å²) in [6.45, 7) is 2.86. The molecule has 13 heteroatoms. The Balaban J connectivity index is 1.60. The molecule has 3 heterocycles. The molecule has 0 saturated carbocycles. The van der Waals surface area contributed by atoms with Crippen LogP contribution in [-0.2, 0) is 6.18 Å². The van der Waals surface area contributed by atoms with Crippen molar-refractivity contribution >= 4 is 57.7 Å². The molecule has 35 heavy (non-hydrogen) atoms. The lowest BCUT2D eigenvalue weighted by atomic mass is 10.1. The third kappa shape index (κ3) is 5.77. The second kappa shape index (κ2) is 10.3. The molecule has 0 spiro atoms. The number of halogens is 4. The van der Waals surface area contributed by atoms with Crippen molar-refractivity contribution < 1.29 is 18.0 Å². The number of carbonyl (C=O) groups is 1. The molecule has 2 aromatic heterocycles. The van der Waals surface area contributed by atoms with Crippen LogP contribution >= 0.6 is 22.9 Å². The van der Waals surface area contributed by atoms with Crippen LogP contribution in [0.5, 0.6) is 0 Å². The van der Waals surface area contributed by atoms with Crippen LogP contribution in [0.3, 0.4) is 0 Å². The number of aromatic nitrogens is 2. The van der Waals surface area contributed by atoms with Crippen molar-refractivity contribution in [3.63, 3.8) is 0 Å². The Morgan fingerprint density at radius 2 is 1.86 bits per heavy atom. The van der Waals surface area contributed by atoms with Crippen molar-refractivity contribution in [3.05, 3.63) is 51.3 Å². The van der Waals surface area contributed by atoms with Gasteiger partial charge in [0.1, 0.15) is 9.90 Å². The fraction of sp³-hybridized carbons (Fsp3) is 0.318. The zero-order chi connectivity index (χ0) is 25.2. The van der Waals surface area contributed by atoms with E-state index in [1.165, 1.54) is 30.6 Å². The van der Waals surface area contributed by atoms with E-state index in [0.717, 1.165) is 19.2 Å². The van der Waals surface area contributed by atoms with E-state index in [1.807, 2.05) is 11.9 Å². The maximum atomic E-state index is 13.9. The van der Waals surface area contributed by atoms with Crippen LogP contribution < -0.4 is 20.9 Å². The topological polar surface area (TPSA) is 85.4 Å². The van der Waals surface area contributed by atoms with Gasteiger partial charge in [-0.1, -0.05) is 11.6 Å². The molecular formula is C22H23ClF3N7OS. The van der Waals surface area contributed by atoms with Crippen molar-refractivity contribution in [2.24, 2.45) is 0 Å². The highest BCUT2D eigenvalue weighted by Crippen LogP contribution is 2.39. The van der Waals surface area contributed by atoms with Crippen molar-refractivity contribution in [1.82, 2.24) is 20.2 Å². The monoisotopic (exact) mass is 525 g/mol. The highest BCUT2D eigenvalue weighted by atomic mass is 35.5. The second-order valence-electron chi connectivity index (χ2n) is 7.90. The second-order valence-corrected chi connectivity index (χ2v) is 9.22. The van der Waals surface area contributed by atoms with Crippen LogP contribution in [0.4, 0.5) is 42.0 Å². The largest absolute Gasteiger partial charge is 0.418 e. The van der Waals surface area contributed by atoms with Gasteiger partial charge in [0.25, 0.3) is 5.91 Å². The van der Waals surface area contributed by atoms with Gasteiger partial charge in [0.2, 0.25) is 5.95 Å². The van der Waals surface area contributed by atoms with Crippen molar-refractivity contribution in [1.29, 1.82) is 0 Å². The van der Waals surface area contributed by atoms with Crippen LogP contribution in [0.25, 0.3) is 0 Å². The van der Waals surface area contributed by atoms with E-state index >= 15 is 0 Å². The molecule has 8 nitrogen and oxygen atoms in total. The molecule has 0 radical (unpaired) electrons. The minimum Gasteiger partial charge on any atom is -0.369 e. The predicted molar refractivity (Wildman–Crippen MR) is 132 cm³/mol. The van der Waals surface area contributed by atoms with Crippen LogP contribution in [0.2, 0.25) is 5.02 Å². The minimum atomic E-state index is -4.59. The molecule has 1 aliphatic heterocycles. The Bertz CT molecular complexity index is 1210. The van der Waals surface area contributed by atoms with Gasteiger partial charge in [-0.2, -0.15) is 18.2 Å². The third-order valence-electron chi connectivity index (χ3n) is 5.52. The van der Waals surface area contributed by atoms with Gasteiger partial charge in [0.15, 0.2) is 5.82 Å². The third-order valence-corrected chi connectivity index (χ3v) is 6.71. The lowest BCUT2D eigenvalue weighted by molar-refractivity contribution is -0.136. The summed E-state index contributed by atoms with van der Waals surface area (Å²) in [6.07, 6.45) is -3.31. The minimum absolute atomic E-state index is 0.0773. The van der Waals surface area contributed by atoms with Crippen LogP contribution in [0.1, 0.15) is 15.2 Å². The molecule has 1 aliphatic rings. The summed E-state index contributed by atoms with van der Waals surface area (Å²) >= 11 is 7.43. The number of hydrogen-bond acceptors (Lipinski definition) is 8. The predicted octanol–water partition coefficient (Wildman–Crippen LogP) is 4.81. The number of piperazine rings is 1. The molecule has 1 aromatic carbocycles. The molecule has 3 aromatic rings. The first-order valence-corrected chi connectivity index (χ1v) is 11.9. The number of carbonyl (C=O) groups excluding carboxylic acids is 1. The molecule has 0 bridgehead atoms. The Morgan fingerprint density at radius 3 is 2.54 bits per heavy atom. The summed E-state index contributed by atoms with van der Waals surface area (Å²) < 4.78 is 41.8. The van der Waals surface area contributed by atoms with Gasteiger partial charge in [0.05, 0.1) is 23.1 Å². The first kappa shape index (κ1) is 25.0. The van der Waals surface area contributed by atoms with Crippen LogP contribution in [-0.4, -0.2) is 61.0 Å². The van der Waals surface area contributed by atoms with E-state index in [9.17, 15) is 18.0 Å². The lowest BCUT2D eigenvalue weighted by Crippen LogP contribution is -2.44. The smallest absolute Gasteiger partial charge is 0.369 e. The number of likely N-dealkylation sites (N-methyl/N-ethyl adjacent to an activating group) is 1. The van der Waals surface area contributed by atoms with Gasteiger partial charge in [-0.15, -0.1) is 11.3 Å². The number of anilines is 5. The maximum absolute atomic E-state index is 13.9. The molecule has 0 aliphatic carbocycles. The van der Waals surface area contributed by atoms with Crippen molar-refractivity contribution in [3.8, 4) is 0 Å². The van der Waals surface area contributed by atoms with Crippen molar-refractivity contribution in [2.75, 3.05) is 55.8 Å². The zero-order valence-corrected chi connectivity index (χ0v) is 20.5. The van der Waals surface area contributed by atoms with Gasteiger partial charge in [-0.05, 0) is 36.7 Å². The average molecular weight is 526 g/mol. The summed E-state index contributed by atoms with van der Waals surface area (Å²) in [5.41, 5.74) is -0.0186. The summed E-state index contributed by atoms with van der Waals surface area (Å²) in [5.74, 6) is -0.219. The molecule has 0 unspecified atom stereocenters. The first-order valence-electron chi connectivity index (χ1n) is 10.7. The van der Waals surface area contributed by atoms with Crippen LogP contribution in [0.15, 0.2) is 35.8 Å². The molecule has 0 atom stereocenters. The zero-order valence-electron chi connectivity index (χ0n) is 18.9. The molecule has 3 N–H and O–H groups in total. The number of nitrogens with zero attached hydrogens (tertiary/aromatic N) is 4. The maximum Gasteiger partial charge on any atom is 0.418 e. The average Bonchev–Trinajstić information content (AvgIpc) is 3.29. The van der Waals surface area contributed by atoms with Gasteiger partial charge >= 0.3 is 6.18 Å². The van der Waals surface area contributed by atoms with Crippen LogP contribution in [0, 0.1) is 0 Å². The number of hydrogen-bond donors (Lipinski definition) is 3. The summed E-state index contributed by atoms with van der Waals surface area (Å²) in [5, 5.41) is 10.0. The highest BCUT2D eigenvalue weighted by molar-refractivity contribution is 7.12. The quantitative estimate of drug-likeness (QED) is 0.426. The number of benzene rings is 1. The number of amides is 1. The van der Waals surface area contributed by atoms with Gasteiger partial charge < -0.3 is 25.8 Å². The molecule has 1 fully saturated rings. The Hall–Kier alpha value is -3.09. The SMILES string of the molecule is CNC(=O)c1sccc1Nc1nc(Nc2ccc(N3CCN(C)CC3)cc2C(F)(F)F)ncc1Cl. The standard InChI is InChI=1S/C22H23ClF3N7OS/c1-27-20(34)18-17(5-10-35-18)29-19-15(23)12-28-21(31-19)30-16-4-3-13(11-14(16)22(24,25)26)33-8-6-32(2)7-9-33/h3-5,10-12H,6-9H2,1-2H3,(H,27,34)(H2,28,29,30,31). The summed E-state index contributed by atoms with van der Waals surface area (Å²) in [4.78, 5) is 24.8. The Kier molecular flexibility index (Phi) is 7.33. The van der Waals surface area contributed by atoms with E-state index in [4.69, 9.17) is 11.6 Å². The van der Waals surface area contributed by atoms with Gasteiger partial charge in [-0.25, -0.2) is 4.98 Å². The van der Waals surface area contributed by atoms with E-state index < -0.39 is 11.7 Å². The van der Waals surface area contributed by atoms with Gasteiger partial charge in [0, 0.05) is 38.9 Å². The normalized spacial score (nSPS) is 14.6. The number of nitrogens with one attached hydrogen (secondary N) is 3. The Labute approximate surface area is 209 Å². The van der Waals surface area contributed by atoms with E-state index in [1.54, 1.807) is 17.5 Å². The molecular weight excluding hydrogens is 503 g/mol. The first-order chi connectivity index (χ1) is 16.7. The summed E-state index contributed by atoms with van der Waals surface area (Å²) in [7, 11) is 3.50. The van der Waals surface area contributed by atoms with E-state index in [0.29, 0.717) is 29.3 Å². The van der Waals surface area contributed by atoms with Crippen molar-refractivity contribution in [2.45, 2.75) is 6.18 Å². The molecule has 4 rings (SSSR count). The lowest BCUT2D eigenvalue weighted by Gasteiger charge is -2.34. The Morgan fingerprint density at radius 1 is 1.11 bits per heavy atom. The number of alkyl halides is 3.